The highest BCUT2D eigenvalue weighted by Gasteiger charge is 2.01. The SMILES string of the molecule is CC.CC(CO)c1ccc(S)cc1. The van der Waals surface area contributed by atoms with Gasteiger partial charge in [-0.05, 0) is 17.7 Å². The topological polar surface area (TPSA) is 20.2 Å². The molecule has 0 aliphatic rings. The summed E-state index contributed by atoms with van der Waals surface area (Å²) in [6.45, 7) is 6.19. The van der Waals surface area contributed by atoms with Gasteiger partial charge in [0.25, 0.3) is 0 Å². The number of rotatable bonds is 2. The van der Waals surface area contributed by atoms with Crippen molar-refractivity contribution in [1.29, 1.82) is 0 Å². The van der Waals surface area contributed by atoms with E-state index in [0.29, 0.717) is 0 Å². The molecule has 1 nitrogen and oxygen atoms in total. The van der Waals surface area contributed by atoms with Crippen molar-refractivity contribution in [2.75, 3.05) is 6.61 Å². The fraction of sp³-hybridized carbons (Fsp3) is 0.455. The zero-order valence-electron chi connectivity index (χ0n) is 8.49. The number of thiol groups is 1. The summed E-state index contributed by atoms with van der Waals surface area (Å²) in [4.78, 5) is 0.957. The summed E-state index contributed by atoms with van der Waals surface area (Å²) in [7, 11) is 0. The number of aliphatic hydroxyl groups excluding tert-OH is 1. The minimum absolute atomic E-state index is 0.200. The van der Waals surface area contributed by atoms with Crippen molar-refractivity contribution in [3.63, 3.8) is 0 Å². The van der Waals surface area contributed by atoms with Crippen LogP contribution in [0, 0.1) is 0 Å². The molecule has 1 rings (SSSR count). The summed E-state index contributed by atoms with van der Waals surface area (Å²) in [5.74, 6) is 0.226. The quantitative estimate of drug-likeness (QED) is 0.700. The second-order valence-electron chi connectivity index (χ2n) is 2.68. The Bertz CT molecular complexity index is 218. The summed E-state index contributed by atoms with van der Waals surface area (Å²) in [6, 6.07) is 7.85. The van der Waals surface area contributed by atoms with E-state index in [0.717, 1.165) is 10.5 Å². The van der Waals surface area contributed by atoms with Gasteiger partial charge in [0.05, 0.1) is 0 Å². The Morgan fingerprint density at radius 1 is 1.23 bits per heavy atom. The smallest absolute Gasteiger partial charge is 0.0497 e. The molecule has 0 aliphatic carbocycles. The van der Waals surface area contributed by atoms with Crippen LogP contribution in [-0.2, 0) is 0 Å². The summed E-state index contributed by atoms with van der Waals surface area (Å²) < 4.78 is 0. The number of aliphatic hydroxyl groups is 1. The van der Waals surface area contributed by atoms with Crippen LogP contribution in [-0.4, -0.2) is 11.7 Å². The zero-order valence-corrected chi connectivity index (χ0v) is 9.38. The predicted molar refractivity (Wildman–Crippen MR) is 60.5 cm³/mol. The number of hydrogen-bond acceptors (Lipinski definition) is 2. The standard InChI is InChI=1S/C9H12OS.C2H6/c1-7(6-10)8-2-4-9(11)5-3-8;1-2/h2-5,7,10-11H,6H2,1H3;1-2H3. The summed E-state index contributed by atoms with van der Waals surface area (Å²) in [5.41, 5.74) is 1.16. The molecule has 0 saturated heterocycles. The lowest BCUT2D eigenvalue weighted by atomic mass is 10.0. The predicted octanol–water partition coefficient (Wildman–Crippen LogP) is 3.10. The van der Waals surface area contributed by atoms with E-state index >= 15 is 0 Å². The molecule has 1 aromatic carbocycles. The van der Waals surface area contributed by atoms with Crippen LogP contribution in [0.2, 0.25) is 0 Å². The largest absolute Gasteiger partial charge is 0.396 e. The molecule has 0 heterocycles. The van der Waals surface area contributed by atoms with Crippen LogP contribution in [0.25, 0.3) is 0 Å². The van der Waals surface area contributed by atoms with Gasteiger partial charge >= 0.3 is 0 Å². The Morgan fingerprint density at radius 3 is 2.08 bits per heavy atom. The van der Waals surface area contributed by atoms with Gasteiger partial charge in [0.1, 0.15) is 0 Å². The van der Waals surface area contributed by atoms with Crippen molar-refractivity contribution < 1.29 is 5.11 Å². The molecular weight excluding hydrogens is 180 g/mol. The van der Waals surface area contributed by atoms with Crippen LogP contribution in [0.15, 0.2) is 29.2 Å². The monoisotopic (exact) mass is 198 g/mol. The van der Waals surface area contributed by atoms with E-state index in [-0.39, 0.29) is 12.5 Å². The Kier molecular flexibility index (Phi) is 6.73. The highest BCUT2D eigenvalue weighted by Crippen LogP contribution is 2.16. The van der Waals surface area contributed by atoms with Crippen LogP contribution < -0.4 is 0 Å². The van der Waals surface area contributed by atoms with Crippen molar-refractivity contribution in [3.05, 3.63) is 29.8 Å². The van der Waals surface area contributed by atoms with Crippen molar-refractivity contribution in [2.24, 2.45) is 0 Å². The lowest BCUT2D eigenvalue weighted by molar-refractivity contribution is 0.273. The third kappa shape index (κ3) is 4.34. The molecule has 1 aromatic rings. The van der Waals surface area contributed by atoms with Gasteiger partial charge in [0, 0.05) is 17.4 Å². The molecule has 0 bridgehead atoms. The van der Waals surface area contributed by atoms with Crippen LogP contribution in [0.5, 0.6) is 0 Å². The van der Waals surface area contributed by atoms with Gasteiger partial charge in [-0.15, -0.1) is 12.6 Å². The summed E-state index contributed by atoms with van der Waals surface area (Å²) >= 11 is 4.17. The molecule has 0 fully saturated rings. The summed E-state index contributed by atoms with van der Waals surface area (Å²) in [6.07, 6.45) is 0. The zero-order chi connectivity index (χ0) is 10.3. The van der Waals surface area contributed by atoms with Crippen molar-refractivity contribution in [2.45, 2.75) is 31.6 Å². The lowest BCUT2D eigenvalue weighted by Gasteiger charge is -2.07. The van der Waals surface area contributed by atoms with E-state index in [2.05, 4.69) is 12.6 Å². The Labute approximate surface area is 86.2 Å². The molecule has 0 aliphatic heterocycles. The fourth-order valence-corrected chi connectivity index (χ4v) is 1.06. The van der Waals surface area contributed by atoms with E-state index < -0.39 is 0 Å². The molecule has 1 N–H and O–H groups in total. The molecule has 0 spiro atoms. The normalized spacial score (nSPS) is 11.5. The van der Waals surface area contributed by atoms with Crippen molar-refractivity contribution >= 4 is 12.6 Å². The van der Waals surface area contributed by atoms with Gasteiger partial charge in [-0.3, -0.25) is 0 Å². The first-order valence-electron chi connectivity index (χ1n) is 4.64. The van der Waals surface area contributed by atoms with Crippen LogP contribution in [0.1, 0.15) is 32.3 Å². The lowest BCUT2D eigenvalue weighted by Crippen LogP contribution is -1.97. The molecule has 74 valence electrons. The van der Waals surface area contributed by atoms with E-state index in [9.17, 15) is 0 Å². The maximum Gasteiger partial charge on any atom is 0.0497 e. The first-order valence-corrected chi connectivity index (χ1v) is 5.08. The molecule has 0 radical (unpaired) electrons. The third-order valence-electron chi connectivity index (χ3n) is 1.74. The first-order chi connectivity index (χ1) is 6.24. The second kappa shape index (κ2) is 6.98. The van der Waals surface area contributed by atoms with Crippen molar-refractivity contribution in [1.82, 2.24) is 0 Å². The van der Waals surface area contributed by atoms with Gasteiger partial charge in [-0.1, -0.05) is 32.9 Å². The van der Waals surface area contributed by atoms with Gasteiger partial charge in [0.2, 0.25) is 0 Å². The van der Waals surface area contributed by atoms with E-state index in [1.54, 1.807) is 0 Å². The van der Waals surface area contributed by atoms with E-state index in [1.165, 1.54) is 0 Å². The highest BCUT2D eigenvalue weighted by atomic mass is 32.1. The highest BCUT2D eigenvalue weighted by molar-refractivity contribution is 7.80. The van der Waals surface area contributed by atoms with Gasteiger partial charge in [-0.25, -0.2) is 0 Å². The average molecular weight is 198 g/mol. The van der Waals surface area contributed by atoms with Crippen LogP contribution >= 0.6 is 12.6 Å². The van der Waals surface area contributed by atoms with E-state index in [1.807, 2.05) is 45.0 Å². The molecule has 2 heteroatoms. The molecule has 0 amide bonds. The molecule has 0 saturated carbocycles. The number of benzene rings is 1. The molecular formula is C11H18OS. The molecule has 13 heavy (non-hydrogen) atoms. The maximum absolute atomic E-state index is 8.84. The van der Waals surface area contributed by atoms with E-state index in [4.69, 9.17) is 5.11 Å². The number of hydrogen-bond donors (Lipinski definition) is 2. The first kappa shape index (κ1) is 12.5. The maximum atomic E-state index is 8.84. The molecule has 1 atom stereocenters. The Hall–Kier alpha value is -0.470. The molecule has 1 unspecified atom stereocenters. The minimum Gasteiger partial charge on any atom is -0.396 e. The van der Waals surface area contributed by atoms with Gasteiger partial charge in [-0.2, -0.15) is 0 Å². The van der Waals surface area contributed by atoms with Crippen molar-refractivity contribution in [3.8, 4) is 0 Å². The Balaban J connectivity index is 0.000000671. The average Bonchev–Trinajstić information content (AvgIpc) is 2.21. The Morgan fingerprint density at radius 2 is 1.69 bits per heavy atom. The second-order valence-corrected chi connectivity index (χ2v) is 3.19. The van der Waals surface area contributed by atoms with Gasteiger partial charge < -0.3 is 5.11 Å². The molecule has 0 aromatic heterocycles. The van der Waals surface area contributed by atoms with Crippen LogP contribution in [0.3, 0.4) is 0 Å². The van der Waals surface area contributed by atoms with Crippen LogP contribution in [0.4, 0.5) is 0 Å². The third-order valence-corrected chi connectivity index (χ3v) is 2.03. The minimum atomic E-state index is 0.200. The van der Waals surface area contributed by atoms with Gasteiger partial charge in [0.15, 0.2) is 0 Å². The summed E-state index contributed by atoms with van der Waals surface area (Å²) in [5, 5.41) is 8.84. The fourth-order valence-electron chi connectivity index (χ4n) is 0.908.